The molecule has 0 radical (unpaired) electrons. The van der Waals surface area contributed by atoms with Gasteiger partial charge in [0.15, 0.2) is 11.3 Å². The van der Waals surface area contributed by atoms with E-state index in [4.69, 9.17) is 4.42 Å². The molecule has 1 saturated carbocycles. The Balaban J connectivity index is 1.99. The fourth-order valence-corrected chi connectivity index (χ4v) is 1.98. The third-order valence-corrected chi connectivity index (χ3v) is 3.38. The Morgan fingerprint density at radius 3 is 2.94 bits per heavy atom. The summed E-state index contributed by atoms with van der Waals surface area (Å²) in [6.07, 6.45) is 3.26. The molecule has 2 aromatic rings. The van der Waals surface area contributed by atoms with Crippen LogP contribution in [-0.4, -0.2) is 31.3 Å². The molecule has 1 aliphatic carbocycles. The summed E-state index contributed by atoms with van der Waals surface area (Å²) >= 11 is 0. The Morgan fingerprint density at radius 2 is 2.39 bits per heavy atom. The third-order valence-electron chi connectivity index (χ3n) is 3.38. The molecule has 0 aromatic carbocycles. The lowest BCUT2D eigenvalue weighted by Crippen LogP contribution is -2.42. The highest BCUT2D eigenvalue weighted by molar-refractivity contribution is 5.76. The van der Waals surface area contributed by atoms with E-state index in [0.29, 0.717) is 11.6 Å². The number of nitrogens with zero attached hydrogens (tertiary/aromatic N) is 4. The molecule has 7 nitrogen and oxygen atoms in total. The largest absolute Gasteiger partial charge is 0.479 e. The number of furan rings is 1. The monoisotopic (exact) mass is 248 g/mol. The second-order valence-electron chi connectivity index (χ2n) is 4.61. The summed E-state index contributed by atoms with van der Waals surface area (Å²) in [5.41, 5.74) is -1.13. The van der Waals surface area contributed by atoms with Gasteiger partial charge in [0.2, 0.25) is 5.82 Å². The zero-order valence-electron chi connectivity index (χ0n) is 9.78. The smallest absolute Gasteiger partial charge is 0.333 e. The van der Waals surface area contributed by atoms with Crippen LogP contribution in [0.15, 0.2) is 22.8 Å². The summed E-state index contributed by atoms with van der Waals surface area (Å²) in [4.78, 5) is 12.6. The van der Waals surface area contributed by atoms with Crippen LogP contribution in [0.25, 0.3) is 11.6 Å². The molecule has 0 aliphatic heterocycles. The van der Waals surface area contributed by atoms with Crippen molar-refractivity contribution in [3.05, 3.63) is 18.4 Å². The van der Waals surface area contributed by atoms with Gasteiger partial charge < -0.3 is 9.52 Å². The Kier molecular flexibility index (Phi) is 2.22. The quantitative estimate of drug-likeness (QED) is 0.871. The minimum atomic E-state index is -1.13. The number of rotatable bonds is 4. The molecule has 1 atom stereocenters. The van der Waals surface area contributed by atoms with Crippen LogP contribution >= 0.6 is 0 Å². The number of carboxylic acids is 1. The van der Waals surface area contributed by atoms with Crippen LogP contribution in [0.5, 0.6) is 0 Å². The number of tetrazole rings is 1. The van der Waals surface area contributed by atoms with Crippen LogP contribution < -0.4 is 0 Å². The first-order valence-electron chi connectivity index (χ1n) is 5.70. The first-order valence-corrected chi connectivity index (χ1v) is 5.70. The topological polar surface area (TPSA) is 94.0 Å². The molecule has 0 amide bonds. The fraction of sp³-hybridized carbons (Fsp3) is 0.455. The molecule has 0 spiro atoms. The molecule has 0 saturated heterocycles. The van der Waals surface area contributed by atoms with Gasteiger partial charge in [0, 0.05) is 0 Å². The van der Waals surface area contributed by atoms with Crippen molar-refractivity contribution in [2.75, 3.05) is 0 Å². The van der Waals surface area contributed by atoms with Gasteiger partial charge in [-0.15, -0.1) is 15.0 Å². The summed E-state index contributed by atoms with van der Waals surface area (Å²) in [5, 5.41) is 21.2. The van der Waals surface area contributed by atoms with Crippen LogP contribution in [0, 0.1) is 5.92 Å². The molecule has 94 valence electrons. The number of aromatic nitrogens is 4. The zero-order valence-corrected chi connectivity index (χ0v) is 9.78. The highest BCUT2D eigenvalue weighted by Crippen LogP contribution is 2.43. The van der Waals surface area contributed by atoms with Crippen LogP contribution in [0.3, 0.4) is 0 Å². The van der Waals surface area contributed by atoms with Crippen molar-refractivity contribution in [1.82, 2.24) is 20.2 Å². The van der Waals surface area contributed by atoms with Gasteiger partial charge in [-0.3, -0.25) is 0 Å². The summed E-state index contributed by atoms with van der Waals surface area (Å²) in [6, 6.07) is 3.42. The summed E-state index contributed by atoms with van der Waals surface area (Å²) in [7, 11) is 0. The van der Waals surface area contributed by atoms with E-state index in [9.17, 15) is 9.90 Å². The van der Waals surface area contributed by atoms with Crippen LogP contribution in [0.4, 0.5) is 0 Å². The number of aliphatic carboxylic acids is 1. The van der Waals surface area contributed by atoms with E-state index in [1.807, 2.05) is 0 Å². The van der Waals surface area contributed by atoms with Crippen molar-refractivity contribution in [2.45, 2.75) is 25.3 Å². The summed E-state index contributed by atoms with van der Waals surface area (Å²) in [5.74, 6) is -0.0973. The van der Waals surface area contributed by atoms with Gasteiger partial charge in [0.1, 0.15) is 0 Å². The molecule has 3 rings (SSSR count). The minimum absolute atomic E-state index is 0.0636. The summed E-state index contributed by atoms with van der Waals surface area (Å²) < 4.78 is 5.16. The van der Waals surface area contributed by atoms with Gasteiger partial charge in [-0.25, -0.2) is 4.79 Å². The number of hydrogen-bond acceptors (Lipinski definition) is 5. The van der Waals surface area contributed by atoms with Crippen LogP contribution in [0.2, 0.25) is 0 Å². The Bertz CT molecular complexity index is 573. The first kappa shape index (κ1) is 10.9. The molecule has 7 heteroatoms. The molecular weight excluding hydrogens is 236 g/mol. The van der Waals surface area contributed by atoms with Gasteiger partial charge in [-0.2, -0.15) is 0 Å². The molecule has 18 heavy (non-hydrogen) atoms. The molecule has 1 fully saturated rings. The second-order valence-corrected chi connectivity index (χ2v) is 4.61. The average molecular weight is 248 g/mol. The normalized spacial score (nSPS) is 18.5. The van der Waals surface area contributed by atoms with Crippen LogP contribution in [0.1, 0.15) is 19.8 Å². The van der Waals surface area contributed by atoms with Gasteiger partial charge in [0.05, 0.1) is 6.26 Å². The number of carboxylic acid groups (broad SMARTS) is 1. The first-order chi connectivity index (χ1) is 8.62. The van der Waals surface area contributed by atoms with Gasteiger partial charge >= 0.3 is 5.97 Å². The Labute approximate surface area is 102 Å². The van der Waals surface area contributed by atoms with E-state index in [1.54, 1.807) is 19.1 Å². The molecular formula is C11H12N4O3. The maximum atomic E-state index is 11.4. The Hall–Kier alpha value is -2.18. The lowest BCUT2D eigenvalue weighted by molar-refractivity contribution is -0.149. The third kappa shape index (κ3) is 1.51. The Morgan fingerprint density at radius 1 is 1.61 bits per heavy atom. The van der Waals surface area contributed by atoms with Crippen molar-refractivity contribution < 1.29 is 14.3 Å². The summed E-state index contributed by atoms with van der Waals surface area (Å²) in [6.45, 7) is 1.63. The average Bonchev–Trinajstić information content (AvgIpc) is 2.88. The van der Waals surface area contributed by atoms with Crippen molar-refractivity contribution in [3.63, 3.8) is 0 Å². The standard InChI is InChI=1S/C11H12N4O3/c1-11(10(16)17,7-4-5-7)15-13-9(12-14-15)8-3-2-6-18-8/h2-3,6-7H,4-5H2,1H3,(H,16,17). The maximum Gasteiger partial charge on any atom is 0.333 e. The predicted molar refractivity (Wildman–Crippen MR) is 59.5 cm³/mol. The van der Waals surface area contributed by atoms with Crippen molar-refractivity contribution in [3.8, 4) is 11.6 Å². The highest BCUT2D eigenvalue weighted by atomic mass is 16.4. The van der Waals surface area contributed by atoms with Crippen molar-refractivity contribution in [1.29, 1.82) is 0 Å². The lowest BCUT2D eigenvalue weighted by atomic mass is 9.97. The molecule has 1 unspecified atom stereocenters. The SMILES string of the molecule is CC(C(=O)O)(C1CC1)n1nnc(-c2ccco2)n1. The molecule has 1 N–H and O–H groups in total. The second kappa shape index (κ2) is 3.66. The lowest BCUT2D eigenvalue weighted by Gasteiger charge is -2.22. The fourth-order valence-electron chi connectivity index (χ4n) is 1.98. The predicted octanol–water partition coefficient (Wildman–Crippen LogP) is 1.14. The van der Waals surface area contributed by atoms with E-state index < -0.39 is 11.5 Å². The van der Waals surface area contributed by atoms with Gasteiger partial charge in [-0.05, 0) is 43.0 Å². The maximum absolute atomic E-state index is 11.4. The van der Waals surface area contributed by atoms with Gasteiger partial charge in [0.25, 0.3) is 0 Å². The number of hydrogen-bond donors (Lipinski definition) is 1. The van der Waals surface area contributed by atoms with E-state index in [2.05, 4.69) is 15.4 Å². The minimum Gasteiger partial charge on any atom is -0.479 e. The number of carbonyl (C=O) groups is 1. The molecule has 2 aromatic heterocycles. The van der Waals surface area contributed by atoms with Gasteiger partial charge in [-0.1, -0.05) is 0 Å². The van der Waals surface area contributed by atoms with E-state index in [0.717, 1.165) is 12.8 Å². The molecule has 2 heterocycles. The zero-order chi connectivity index (χ0) is 12.8. The van der Waals surface area contributed by atoms with Crippen LogP contribution in [-0.2, 0) is 10.3 Å². The van der Waals surface area contributed by atoms with E-state index >= 15 is 0 Å². The molecule has 1 aliphatic rings. The van der Waals surface area contributed by atoms with Crippen molar-refractivity contribution in [2.24, 2.45) is 5.92 Å². The van der Waals surface area contributed by atoms with E-state index in [-0.39, 0.29) is 5.92 Å². The van der Waals surface area contributed by atoms with E-state index in [1.165, 1.54) is 11.1 Å². The van der Waals surface area contributed by atoms with Crippen molar-refractivity contribution >= 4 is 5.97 Å². The molecule has 0 bridgehead atoms. The highest BCUT2D eigenvalue weighted by Gasteiger charge is 2.51.